The van der Waals surface area contributed by atoms with Gasteiger partial charge >= 0.3 is 5.97 Å². The quantitative estimate of drug-likeness (QED) is 0.136. The first-order valence-corrected chi connectivity index (χ1v) is 11.0. The molecule has 1 atom stereocenters. The number of rotatable bonds is 19. The predicted octanol–water partition coefficient (Wildman–Crippen LogP) is 7.61. The average Bonchev–Trinajstić information content (AvgIpc) is 2.61. The second-order valence-corrected chi connectivity index (χ2v) is 7.48. The summed E-state index contributed by atoms with van der Waals surface area (Å²) in [5.74, 6) is 0.550. The zero-order valence-corrected chi connectivity index (χ0v) is 17.2. The van der Waals surface area contributed by atoms with Gasteiger partial charge in [-0.05, 0) is 38.0 Å². The fourth-order valence-corrected chi connectivity index (χ4v) is 3.29. The van der Waals surface area contributed by atoms with Gasteiger partial charge in [-0.2, -0.15) is 0 Å². The van der Waals surface area contributed by atoms with Crippen molar-refractivity contribution in [1.29, 1.82) is 0 Å². The summed E-state index contributed by atoms with van der Waals surface area (Å²) >= 11 is 0. The minimum atomic E-state index is 0.0186. The molecule has 0 N–H and O–H groups in total. The van der Waals surface area contributed by atoms with Gasteiger partial charge in [0.1, 0.15) is 0 Å². The van der Waals surface area contributed by atoms with Gasteiger partial charge < -0.3 is 4.74 Å². The molecule has 148 valence electrons. The molecular formula is C23H44O2. The number of ether oxygens (including phenoxy) is 1. The number of esters is 1. The number of hydrogen-bond donors (Lipinski definition) is 0. The lowest BCUT2D eigenvalue weighted by Gasteiger charge is -2.16. The molecule has 0 amide bonds. The Bertz CT molecular complexity index is 298. The van der Waals surface area contributed by atoms with Crippen LogP contribution in [0.4, 0.5) is 0 Å². The second-order valence-electron chi connectivity index (χ2n) is 7.48. The van der Waals surface area contributed by atoms with E-state index in [0.717, 1.165) is 19.3 Å². The van der Waals surface area contributed by atoms with E-state index in [9.17, 15) is 4.79 Å². The maximum absolute atomic E-state index is 12.1. The van der Waals surface area contributed by atoms with E-state index < -0.39 is 0 Å². The van der Waals surface area contributed by atoms with E-state index in [-0.39, 0.29) is 5.97 Å². The molecule has 0 aliphatic heterocycles. The van der Waals surface area contributed by atoms with Gasteiger partial charge in [-0.15, -0.1) is 6.58 Å². The van der Waals surface area contributed by atoms with Crippen molar-refractivity contribution in [3.05, 3.63) is 12.7 Å². The highest BCUT2D eigenvalue weighted by Gasteiger charge is 2.14. The van der Waals surface area contributed by atoms with Gasteiger partial charge in [-0.1, -0.05) is 84.1 Å². The van der Waals surface area contributed by atoms with E-state index in [0.29, 0.717) is 18.9 Å². The van der Waals surface area contributed by atoms with Crippen molar-refractivity contribution in [2.75, 3.05) is 6.61 Å². The lowest BCUT2D eigenvalue weighted by atomic mass is 9.91. The van der Waals surface area contributed by atoms with Crippen molar-refractivity contribution in [2.24, 2.45) is 5.92 Å². The van der Waals surface area contributed by atoms with Crippen LogP contribution in [-0.2, 0) is 9.53 Å². The Hall–Kier alpha value is -0.790. The molecule has 0 spiro atoms. The summed E-state index contributed by atoms with van der Waals surface area (Å²) < 4.78 is 5.43. The Morgan fingerprint density at radius 3 is 2.00 bits per heavy atom. The van der Waals surface area contributed by atoms with E-state index >= 15 is 0 Å². The van der Waals surface area contributed by atoms with Gasteiger partial charge in [0.05, 0.1) is 6.61 Å². The molecule has 1 unspecified atom stereocenters. The molecule has 0 rings (SSSR count). The molecule has 0 aromatic rings. The summed E-state index contributed by atoms with van der Waals surface area (Å²) in [7, 11) is 0. The van der Waals surface area contributed by atoms with Crippen molar-refractivity contribution in [3.63, 3.8) is 0 Å². The van der Waals surface area contributed by atoms with Crippen LogP contribution in [0.5, 0.6) is 0 Å². The van der Waals surface area contributed by atoms with Crippen LogP contribution in [0.2, 0.25) is 0 Å². The third-order valence-corrected chi connectivity index (χ3v) is 4.95. The third-order valence-electron chi connectivity index (χ3n) is 4.95. The number of unbranched alkanes of at least 4 members (excludes halogenated alkanes) is 10. The number of hydrogen-bond acceptors (Lipinski definition) is 2. The summed E-state index contributed by atoms with van der Waals surface area (Å²) in [4.78, 5) is 12.1. The molecule has 0 aliphatic rings. The van der Waals surface area contributed by atoms with Crippen molar-refractivity contribution in [3.8, 4) is 0 Å². The lowest BCUT2D eigenvalue weighted by molar-refractivity contribution is -0.145. The number of carbonyl (C=O) groups is 1. The Labute approximate surface area is 157 Å². The molecule has 0 heterocycles. The first kappa shape index (κ1) is 24.2. The minimum absolute atomic E-state index is 0.0186. The highest BCUT2D eigenvalue weighted by atomic mass is 16.5. The van der Waals surface area contributed by atoms with Gasteiger partial charge in [-0.3, -0.25) is 4.79 Å². The van der Waals surface area contributed by atoms with Crippen LogP contribution in [0, 0.1) is 5.92 Å². The van der Waals surface area contributed by atoms with E-state index in [4.69, 9.17) is 4.74 Å². The van der Waals surface area contributed by atoms with E-state index in [1.165, 1.54) is 77.0 Å². The largest absolute Gasteiger partial charge is 0.466 e. The SMILES string of the molecule is C=CCCCCOC(=O)CC(CCCCCC)CCCCCCCC. The summed E-state index contributed by atoms with van der Waals surface area (Å²) in [6.45, 7) is 8.80. The minimum Gasteiger partial charge on any atom is -0.466 e. The fourth-order valence-electron chi connectivity index (χ4n) is 3.29. The molecule has 0 saturated heterocycles. The van der Waals surface area contributed by atoms with E-state index in [2.05, 4.69) is 20.4 Å². The maximum Gasteiger partial charge on any atom is 0.306 e. The smallest absolute Gasteiger partial charge is 0.306 e. The van der Waals surface area contributed by atoms with Gasteiger partial charge in [0.25, 0.3) is 0 Å². The first-order valence-electron chi connectivity index (χ1n) is 11.0. The Kier molecular flexibility index (Phi) is 18.9. The molecule has 25 heavy (non-hydrogen) atoms. The Morgan fingerprint density at radius 1 is 0.840 bits per heavy atom. The van der Waals surface area contributed by atoms with E-state index in [1.54, 1.807) is 0 Å². The van der Waals surface area contributed by atoms with Gasteiger partial charge in [0, 0.05) is 6.42 Å². The molecule has 0 aromatic heterocycles. The van der Waals surface area contributed by atoms with Crippen molar-refractivity contribution < 1.29 is 9.53 Å². The molecule has 0 radical (unpaired) electrons. The topological polar surface area (TPSA) is 26.3 Å². The Balaban J connectivity index is 3.96. The zero-order chi connectivity index (χ0) is 18.6. The van der Waals surface area contributed by atoms with Crippen molar-refractivity contribution >= 4 is 5.97 Å². The van der Waals surface area contributed by atoms with Crippen LogP contribution in [0.1, 0.15) is 117 Å². The molecule has 0 saturated carbocycles. The highest BCUT2D eigenvalue weighted by molar-refractivity contribution is 5.69. The van der Waals surface area contributed by atoms with Gasteiger partial charge in [-0.25, -0.2) is 0 Å². The summed E-state index contributed by atoms with van der Waals surface area (Å²) in [5, 5.41) is 0. The molecule has 2 nitrogen and oxygen atoms in total. The van der Waals surface area contributed by atoms with Crippen molar-refractivity contribution in [2.45, 2.75) is 117 Å². The summed E-state index contributed by atoms with van der Waals surface area (Å²) in [6.07, 6.45) is 21.1. The second kappa shape index (κ2) is 19.5. The molecule has 0 aliphatic carbocycles. The molecule has 0 fully saturated rings. The monoisotopic (exact) mass is 352 g/mol. The highest BCUT2D eigenvalue weighted by Crippen LogP contribution is 2.22. The molecule has 2 heteroatoms. The fraction of sp³-hybridized carbons (Fsp3) is 0.870. The molecule has 0 aromatic carbocycles. The van der Waals surface area contributed by atoms with Gasteiger partial charge in [0.15, 0.2) is 0 Å². The van der Waals surface area contributed by atoms with Crippen LogP contribution in [-0.4, -0.2) is 12.6 Å². The standard InChI is InChI=1S/C23H44O2/c1-4-7-10-13-14-16-19-22(18-15-11-8-5-2)21-23(24)25-20-17-12-9-6-3/h6,22H,3-5,7-21H2,1-2H3. The summed E-state index contributed by atoms with van der Waals surface area (Å²) in [6, 6.07) is 0. The Morgan fingerprint density at radius 2 is 1.40 bits per heavy atom. The lowest BCUT2D eigenvalue weighted by Crippen LogP contribution is -2.13. The average molecular weight is 353 g/mol. The normalized spacial score (nSPS) is 12.1. The van der Waals surface area contributed by atoms with E-state index in [1.807, 2.05) is 6.08 Å². The first-order chi connectivity index (χ1) is 12.2. The van der Waals surface area contributed by atoms with Gasteiger partial charge in [0.2, 0.25) is 0 Å². The predicted molar refractivity (Wildman–Crippen MR) is 110 cm³/mol. The maximum atomic E-state index is 12.1. The van der Waals surface area contributed by atoms with Crippen molar-refractivity contribution in [1.82, 2.24) is 0 Å². The molecular weight excluding hydrogens is 308 g/mol. The number of allylic oxidation sites excluding steroid dienone is 1. The van der Waals surface area contributed by atoms with Crippen LogP contribution < -0.4 is 0 Å². The van der Waals surface area contributed by atoms with Crippen LogP contribution in [0.25, 0.3) is 0 Å². The summed E-state index contributed by atoms with van der Waals surface area (Å²) in [5.41, 5.74) is 0. The van der Waals surface area contributed by atoms with Crippen LogP contribution in [0.15, 0.2) is 12.7 Å². The van der Waals surface area contributed by atoms with Crippen LogP contribution >= 0.6 is 0 Å². The molecule has 0 bridgehead atoms. The number of carbonyl (C=O) groups excluding carboxylic acids is 1. The third kappa shape index (κ3) is 17.8. The van der Waals surface area contributed by atoms with Crippen LogP contribution in [0.3, 0.4) is 0 Å². The zero-order valence-electron chi connectivity index (χ0n) is 17.2.